The number of ether oxygens (including phenoxy) is 1. The largest absolute Gasteiger partial charge is 0.495 e. The molecule has 0 N–H and O–H groups in total. The number of benzene rings is 2. The van der Waals surface area contributed by atoms with Crippen molar-refractivity contribution < 1.29 is 24.1 Å². The molecule has 2 amide bonds. The fourth-order valence-electron chi connectivity index (χ4n) is 3.44. The first-order valence-corrected chi connectivity index (χ1v) is 8.93. The molecule has 1 spiro atoms. The Morgan fingerprint density at radius 3 is 2.76 bits per heavy atom. The van der Waals surface area contributed by atoms with Gasteiger partial charge in [0.05, 0.1) is 29.9 Å². The summed E-state index contributed by atoms with van der Waals surface area (Å²) in [5.41, 5.74) is -0.570. The molecule has 4 rings (SSSR count). The smallest absolute Gasteiger partial charge is 0.281 e. The van der Waals surface area contributed by atoms with E-state index in [0.717, 1.165) is 4.90 Å². The van der Waals surface area contributed by atoms with Crippen LogP contribution in [0.3, 0.4) is 0 Å². The van der Waals surface area contributed by atoms with Crippen molar-refractivity contribution in [2.75, 3.05) is 12.0 Å². The number of carbonyl (C=O) groups is 2. The number of nitro groups is 1. The fourth-order valence-corrected chi connectivity index (χ4v) is 3.60. The molecule has 2 aliphatic heterocycles. The van der Waals surface area contributed by atoms with E-state index in [0.29, 0.717) is 22.0 Å². The van der Waals surface area contributed by atoms with Crippen LogP contribution >= 0.6 is 11.6 Å². The van der Waals surface area contributed by atoms with Gasteiger partial charge in [0.2, 0.25) is 11.5 Å². The van der Waals surface area contributed by atoms with Gasteiger partial charge in [0.25, 0.3) is 11.6 Å². The summed E-state index contributed by atoms with van der Waals surface area (Å²) in [4.78, 5) is 42.8. The summed E-state index contributed by atoms with van der Waals surface area (Å²) in [7, 11) is 1.42. The van der Waals surface area contributed by atoms with Crippen LogP contribution in [0, 0.1) is 10.1 Å². The Balaban J connectivity index is 1.64. The van der Waals surface area contributed by atoms with Crippen molar-refractivity contribution >= 4 is 40.5 Å². The fraction of sp³-hybridized carbons (Fsp3) is 0.211. The van der Waals surface area contributed by atoms with Crippen LogP contribution in [0.1, 0.15) is 18.4 Å². The first-order valence-electron chi connectivity index (χ1n) is 8.55. The highest BCUT2D eigenvalue weighted by Crippen LogP contribution is 2.42. The van der Waals surface area contributed by atoms with Crippen LogP contribution in [0.2, 0.25) is 5.02 Å². The van der Waals surface area contributed by atoms with Crippen molar-refractivity contribution in [1.82, 2.24) is 0 Å². The first-order chi connectivity index (χ1) is 13.8. The maximum atomic E-state index is 13.2. The van der Waals surface area contributed by atoms with Gasteiger partial charge in [-0.3, -0.25) is 19.7 Å². The molecule has 10 heteroatoms. The van der Waals surface area contributed by atoms with Crippen LogP contribution in [-0.2, 0) is 14.4 Å². The van der Waals surface area contributed by atoms with Crippen molar-refractivity contribution in [2.24, 2.45) is 5.16 Å². The lowest BCUT2D eigenvalue weighted by Crippen LogP contribution is -2.41. The van der Waals surface area contributed by atoms with E-state index in [1.807, 2.05) is 0 Å². The number of nitro benzene ring substituents is 1. The molecule has 2 heterocycles. The molecule has 2 aromatic carbocycles. The van der Waals surface area contributed by atoms with Crippen molar-refractivity contribution in [3.05, 3.63) is 63.2 Å². The van der Waals surface area contributed by atoms with Crippen molar-refractivity contribution in [1.29, 1.82) is 0 Å². The molecule has 0 bridgehead atoms. The minimum absolute atomic E-state index is 0.0120. The Kier molecular flexibility index (Phi) is 4.46. The summed E-state index contributed by atoms with van der Waals surface area (Å²) in [5.74, 6) is -0.760. The van der Waals surface area contributed by atoms with Gasteiger partial charge in [-0.25, -0.2) is 4.90 Å². The zero-order valence-corrected chi connectivity index (χ0v) is 15.9. The second kappa shape index (κ2) is 6.85. The van der Waals surface area contributed by atoms with Crippen LogP contribution in [-0.4, -0.2) is 35.2 Å². The molecule has 1 atom stereocenters. The molecule has 1 fully saturated rings. The third-order valence-electron chi connectivity index (χ3n) is 4.83. The molecular weight excluding hydrogens is 402 g/mol. The van der Waals surface area contributed by atoms with Gasteiger partial charge in [0.1, 0.15) is 5.75 Å². The molecule has 0 radical (unpaired) electrons. The topological polar surface area (TPSA) is 111 Å². The molecular formula is C19H14ClN3O6. The van der Waals surface area contributed by atoms with Gasteiger partial charge >= 0.3 is 0 Å². The molecule has 1 saturated heterocycles. The van der Waals surface area contributed by atoms with Gasteiger partial charge in [-0.05, 0) is 18.2 Å². The van der Waals surface area contributed by atoms with Crippen LogP contribution in [0.4, 0.5) is 11.4 Å². The minimum Gasteiger partial charge on any atom is -0.495 e. The van der Waals surface area contributed by atoms with Crippen LogP contribution in [0.15, 0.2) is 47.6 Å². The molecule has 0 aliphatic carbocycles. The van der Waals surface area contributed by atoms with Gasteiger partial charge in [-0.2, -0.15) is 0 Å². The molecule has 0 aromatic heterocycles. The summed E-state index contributed by atoms with van der Waals surface area (Å²) >= 11 is 6.03. The second-order valence-corrected chi connectivity index (χ2v) is 7.07. The minimum atomic E-state index is -1.50. The number of hydrogen-bond acceptors (Lipinski definition) is 7. The number of oxime groups is 1. The number of non-ortho nitro benzene ring substituents is 1. The highest BCUT2D eigenvalue weighted by Gasteiger charge is 2.58. The monoisotopic (exact) mass is 415 g/mol. The average molecular weight is 416 g/mol. The molecule has 2 aliphatic rings. The SMILES string of the molecule is COc1ccc(Cl)cc1N1C(=O)C[C@]2(CC(c3cccc([N+](=O)[O-])c3)=NO2)C1=O. The molecule has 148 valence electrons. The van der Waals surface area contributed by atoms with E-state index in [2.05, 4.69) is 5.16 Å². The molecule has 0 unspecified atom stereocenters. The lowest BCUT2D eigenvalue weighted by molar-refractivity contribution is -0.384. The molecule has 29 heavy (non-hydrogen) atoms. The predicted octanol–water partition coefficient (Wildman–Crippen LogP) is 3.08. The van der Waals surface area contributed by atoms with Gasteiger partial charge in [-0.1, -0.05) is 28.9 Å². The number of imide groups is 1. The Hall–Kier alpha value is -3.46. The molecule has 2 aromatic rings. The normalized spacial score (nSPS) is 20.8. The quantitative estimate of drug-likeness (QED) is 0.431. The number of amides is 2. The Morgan fingerprint density at radius 1 is 1.24 bits per heavy atom. The summed E-state index contributed by atoms with van der Waals surface area (Å²) < 4.78 is 5.25. The van der Waals surface area contributed by atoms with Gasteiger partial charge < -0.3 is 9.57 Å². The Labute approximate surface area is 169 Å². The van der Waals surface area contributed by atoms with Gasteiger partial charge in [0, 0.05) is 29.1 Å². The standard InChI is InChI=1S/C19H14ClN3O6/c1-28-16-6-5-12(20)8-15(16)22-17(24)10-19(18(22)25)9-14(21-29-19)11-3-2-4-13(7-11)23(26)27/h2-8H,9-10H2,1H3/t19-/m1/s1. The second-order valence-electron chi connectivity index (χ2n) is 6.64. The summed E-state index contributed by atoms with van der Waals surface area (Å²) in [6, 6.07) is 10.5. The highest BCUT2D eigenvalue weighted by atomic mass is 35.5. The number of hydrogen-bond donors (Lipinski definition) is 0. The van der Waals surface area contributed by atoms with E-state index in [1.165, 1.54) is 31.4 Å². The zero-order chi connectivity index (χ0) is 20.8. The van der Waals surface area contributed by atoms with Crippen molar-refractivity contribution in [3.8, 4) is 5.75 Å². The average Bonchev–Trinajstić information content (AvgIpc) is 3.23. The first kappa shape index (κ1) is 18.9. The maximum absolute atomic E-state index is 13.2. The number of carbonyl (C=O) groups excluding carboxylic acids is 2. The van der Waals surface area contributed by atoms with Crippen LogP contribution in [0.25, 0.3) is 0 Å². The van der Waals surface area contributed by atoms with E-state index in [1.54, 1.807) is 18.2 Å². The van der Waals surface area contributed by atoms with Crippen molar-refractivity contribution in [2.45, 2.75) is 18.4 Å². The predicted molar refractivity (Wildman–Crippen MR) is 103 cm³/mol. The molecule has 0 saturated carbocycles. The number of halogens is 1. The third kappa shape index (κ3) is 3.09. The zero-order valence-electron chi connectivity index (χ0n) is 15.1. The van der Waals surface area contributed by atoms with Gasteiger partial charge in [-0.15, -0.1) is 0 Å². The van der Waals surface area contributed by atoms with Crippen LogP contribution < -0.4 is 9.64 Å². The highest BCUT2D eigenvalue weighted by molar-refractivity contribution is 6.32. The number of rotatable bonds is 4. The van der Waals surface area contributed by atoms with E-state index in [4.69, 9.17) is 21.2 Å². The Morgan fingerprint density at radius 2 is 2.03 bits per heavy atom. The summed E-state index contributed by atoms with van der Waals surface area (Å²) in [6.45, 7) is 0. The summed E-state index contributed by atoms with van der Waals surface area (Å²) in [5, 5.41) is 15.3. The van der Waals surface area contributed by atoms with E-state index in [9.17, 15) is 19.7 Å². The lowest BCUT2D eigenvalue weighted by Gasteiger charge is -2.21. The third-order valence-corrected chi connectivity index (χ3v) is 5.07. The van der Waals surface area contributed by atoms with Crippen molar-refractivity contribution in [3.63, 3.8) is 0 Å². The van der Waals surface area contributed by atoms with E-state index >= 15 is 0 Å². The summed E-state index contributed by atoms with van der Waals surface area (Å²) in [6.07, 6.45) is -0.207. The number of anilines is 1. The van der Waals surface area contributed by atoms with Crippen LogP contribution in [0.5, 0.6) is 5.75 Å². The molecule has 9 nitrogen and oxygen atoms in total. The van der Waals surface area contributed by atoms with Gasteiger partial charge in [0.15, 0.2) is 0 Å². The number of nitrogens with zero attached hydrogens (tertiary/aromatic N) is 3. The van der Waals surface area contributed by atoms with E-state index in [-0.39, 0.29) is 24.2 Å². The maximum Gasteiger partial charge on any atom is 0.281 e. The Bertz CT molecular complexity index is 1090. The number of methoxy groups -OCH3 is 1. The van der Waals surface area contributed by atoms with E-state index < -0.39 is 22.3 Å². The lowest BCUT2D eigenvalue weighted by atomic mass is 9.92.